The van der Waals surface area contributed by atoms with E-state index in [-0.39, 0.29) is 24.9 Å². The van der Waals surface area contributed by atoms with Crippen LogP contribution in [0, 0.1) is 0 Å². The Bertz CT molecular complexity index is 897. The standard InChI is InChI=1S/C21H23N3O4/c1-3-15-8-4-5-9-16(15)23-20(26)12-22-21(27)19-13-24(14(2)25)17-10-6-7-11-18(17)28-19/h4-11,19H,3,12-13H2,1-2H3,(H,22,27)(H,23,26)/t19-/m0/s1. The molecule has 2 N–H and O–H groups in total. The minimum Gasteiger partial charge on any atom is -0.477 e. The molecule has 0 aliphatic carbocycles. The number of nitrogens with one attached hydrogen (secondary N) is 2. The van der Waals surface area contributed by atoms with Crippen molar-refractivity contribution in [3.63, 3.8) is 0 Å². The van der Waals surface area contributed by atoms with Gasteiger partial charge < -0.3 is 20.3 Å². The molecule has 3 amide bonds. The number of hydrogen-bond donors (Lipinski definition) is 2. The average molecular weight is 381 g/mol. The molecule has 2 aromatic carbocycles. The predicted molar refractivity (Wildman–Crippen MR) is 106 cm³/mol. The van der Waals surface area contributed by atoms with E-state index in [0.29, 0.717) is 11.4 Å². The van der Waals surface area contributed by atoms with E-state index in [9.17, 15) is 14.4 Å². The molecule has 0 unspecified atom stereocenters. The van der Waals surface area contributed by atoms with Crippen molar-refractivity contribution in [1.29, 1.82) is 0 Å². The fourth-order valence-electron chi connectivity index (χ4n) is 3.10. The number of carbonyl (C=O) groups is 3. The zero-order chi connectivity index (χ0) is 20.1. The third-order valence-corrected chi connectivity index (χ3v) is 4.54. The summed E-state index contributed by atoms with van der Waals surface area (Å²) in [5.41, 5.74) is 2.38. The number of benzene rings is 2. The Hall–Kier alpha value is -3.35. The Morgan fingerprint density at radius 1 is 1.11 bits per heavy atom. The van der Waals surface area contributed by atoms with E-state index >= 15 is 0 Å². The largest absolute Gasteiger partial charge is 0.477 e. The molecular weight excluding hydrogens is 358 g/mol. The molecule has 1 aliphatic heterocycles. The first-order chi connectivity index (χ1) is 13.5. The first-order valence-electron chi connectivity index (χ1n) is 9.19. The van der Waals surface area contributed by atoms with E-state index in [1.165, 1.54) is 11.8 Å². The van der Waals surface area contributed by atoms with Crippen LogP contribution in [0.15, 0.2) is 48.5 Å². The van der Waals surface area contributed by atoms with Gasteiger partial charge in [-0.15, -0.1) is 0 Å². The van der Waals surface area contributed by atoms with E-state index in [1.807, 2.05) is 31.2 Å². The molecule has 1 aliphatic rings. The van der Waals surface area contributed by atoms with Crippen LogP contribution in [0.2, 0.25) is 0 Å². The van der Waals surface area contributed by atoms with Crippen molar-refractivity contribution in [2.45, 2.75) is 26.4 Å². The van der Waals surface area contributed by atoms with Crippen LogP contribution in [-0.4, -0.2) is 36.9 Å². The number of ether oxygens (including phenoxy) is 1. The van der Waals surface area contributed by atoms with Gasteiger partial charge in [-0.2, -0.15) is 0 Å². The van der Waals surface area contributed by atoms with Crippen molar-refractivity contribution in [3.8, 4) is 5.75 Å². The van der Waals surface area contributed by atoms with E-state index in [2.05, 4.69) is 10.6 Å². The van der Waals surface area contributed by atoms with Crippen molar-refractivity contribution < 1.29 is 19.1 Å². The molecule has 1 atom stereocenters. The lowest BCUT2D eigenvalue weighted by atomic mass is 10.1. The summed E-state index contributed by atoms with van der Waals surface area (Å²) in [6.45, 7) is 3.36. The van der Waals surface area contributed by atoms with Gasteiger partial charge in [-0.3, -0.25) is 14.4 Å². The zero-order valence-electron chi connectivity index (χ0n) is 15.9. The fraction of sp³-hybridized carbons (Fsp3) is 0.286. The molecule has 28 heavy (non-hydrogen) atoms. The van der Waals surface area contributed by atoms with Crippen LogP contribution in [0.5, 0.6) is 5.75 Å². The minimum atomic E-state index is -0.880. The summed E-state index contributed by atoms with van der Waals surface area (Å²) in [6, 6.07) is 14.6. The van der Waals surface area contributed by atoms with Crippen LogP contribution in [0.25, 0.3) is 0 Å². The number of nitrogens with zero attached hydrogens (tertiary/aromatic N) is 1. The quantitative estimate of drug-likeness (QED) is 0.830. The van der Waals surface area contributed by atoms with Gasteiger partial charge in [-0.05, 0) is 30.2 Å². The Labute approximate surface area is 163 Å². The predicted octanol–water partition coefficient (Wildman–Crippen LogP) is 2.12. The van der Waals surface area contributed by atoms with Crippen molar-refractivity contribution in [2.24, 2.45) is 0 Å². The molecular formula is C21H23N3O4. The van der Waals surface area contributed by atoms with Gasteiger partial charge in [0.25, 0.3) is 5.91 Å². The smallest absolute Gasteiger partial charge is 0.263 e. The summed E-state index contributed by atoms with van der Waals surface area (Å²) in [5, 5.41) is 5.39. The Morgan fingerprint density at radius 3 is 2.57 bits per heavy atom. The maximum absolute atomic E-state index is 12.5. The van der Waals surface area contributed by atoms with Crippen molar-refractivity contribution in [3.05, 3.63) is 54.1 Å². The molecule has 0 saturated heterocycles. The Kier molecular flexibility index (Phi) is 5.93. The summed E-state index contributed by atoms with van der Waals surface area (Å²) in [7, 11) is 0. The topological polar surface area (TPSA) is 87.7 Å². The van der Waals surface area contributed by atoms with Gasteiger partial charge in [-0.25, -0.2) is 0 Å². The highest BCUT2D eigenvalue weighted by molar-refractivity contribution is 5.98. The maximum Gasteiger partial charge on any atom is 0.263 e. The Morgan fingerprint density at radius 2 is 1.82 bits per heavy atom. The number of hydrogen-bond acceptors (Lipinski definition) is 4. The minimum absolute atomic E-state index is 0.0957. The molecule has 0 fully saturated rings. The van der Waals surface area contributed by atoms with Crippen molar-refractivity contribution in [2.75, 3.05) is 23.3 Å². The number of fused-ring (bicyclic) bond motifs is 1. The average Bonchev–Trinajstić information content (AvgIpc) is 2.71. The van der Waals surface area contributed by atoms with Crippen LogP contribution < -0.4 is 20.3 Å². The number of aryl methyl sites for hydroxylation is 1. The second kappa shape index (κ2) is 8.56. The molecule has 0 bridgehead atoms. The highest BCUT2D eigenvalue weighted by Crippen LogP contribution is 2.33. The third kappa shape index (κ3) is 4.31. The summed E-state index contributed by atoms with van der Waals surface area (Å²) >= 11 is 0. The third-order valence-electron chi connectivity index (χ3n) is 4.54. The van der Waals surface area contributed by atoms with Crippen LogP contribution >= 0.6 is 0 Å². The number of para-hydroxylation sites is 3. The maximum atomic E-state index is 12.5. The first-order valence-corrected chi connectivity index (χ1v) is 9.19. The molecule has 2 aromatic rings. The molecule has 3 rings (SSSR count). The highest BCUT2D eigenvalue weighted by Gasteiger charge is 2.32. The summed E-state index contributed by atoms with van der Waals surface area (Å²) in [4.78, 5) is 38.1. The molecule has 7 nitrogen and oxygen atoms in total. The molecule has 0 radical (unpaired) electrons. The van der Waals surface area contributed by atoms with Gasteiger partial charge >= 0.3 is 0 Å². The van der Waals surface area contributed by atoms with Crippen LogP contribution in [0.3, 0.4) is 0 Å². The van der Waals surface area contributed by atoms with Gasteiger partial charge in [0.1, 0.15) is 5.75 Å². The monoisotopic (exact) mass is 381 g/mol. The van der Waals surface area contributed by atoms with E-state index in [4.69, 9.17) is 4.74 Å². The van der Waals surface area contributed by atoms with Gasteiger partial charge in [-0.1, -0.05) is 37.3 Å². The molecule has 0 saturated carbocycles. The van der Waals surface area contributed by atoms with E-state index < -0.39 is 12.0 Å². The number of amides is 3. The SMILES string of the molecule is CCc1ccccc1NC(=O)CNC(=O)[C@@H]1CN(C(C)=O)c2ccccc2O1. The van der Waals surface area contributed by atoms with E-state index in [0.717, 1.165) is 17.7 Å². The molecule has 0 spiro atoms. The van der Waals surface area contributed by atoms with Gasteiger partial charge in [0.05, 0.1) is 18.8 Å². The lowest BCUT2D eigenvalue weighted by Gasteiger charge is -2.33. The zero-order valence-corrected chi connectivity index (χ0v) is 15.9. The van der Waals surface area contributed by atoms with Crippen molar-refractivity contribution in [1.82, 2.24) is 5.32 Å². The summed E-state index contributed by atoms with van der Waals surface area (Å²) < 4.78 is 5.72. The van der Waals surface area contributed by atoms with Crippen LogP contribution in [-0.2, 0) is 20.8 Å². The van der Waals surface area contributed by atoms with E-state index in [1.54, 1.807) is 24.3 Å². The lowest BCUT2D eigenvalue weighted by Crippen LogP contribution is -2.51. The van der Waals surface area contributed by atoms with Crippen molar-refractivity contribution >= 4 is 29.1 Å². The number of rotatable bonds is 5. The summed E-state index contributed by atoms with van der Waals surface area (Å²) in [5.74, 6) is -0.485. The van der Waals surface area contributed by atoms with Gasteiger partial charge in [0.2, 0.25) is 11.8 Å². The molecule has 1 heterocycles. The van der Waals surface area contributed by atoms with Crippen LogP contribution in [0.1, 0.15) is 19.4 Å². The van der Waals surface area contributed by atoms with Gasteiger partial charge in [0.15, 0.2) is 6.10 Å². The summed E-state index contributed by atoms with van der Waals surface area (Å²) in [6.07, 6.45) is -0.0894. The highest BCUT2D eigenvalue weighted by atomic mass is 16.5. The Balaban J connectivity index is 1.60. The molecule has 0 aromatic heterocycles. The molecule has 7 heteroatoms. The number of carbonyl (C=O) groups excluding carboxylic acids is 3. The van der Waals surface area contributed by atoms with Crippen LogP contribution in [0.4, 0.5) is 11.4 Å². The lowest BCUT2D eigenvalue weighted by molar-refractivity contribution is -0.130. The van der Waals surface area contributed by atoms with Gasteiger partial charge in [0, 0.05) is 12.6 Å². The second-order valence-electron chi connectivity index (χ2n) is 6.48. The number of anilines is 2. The fourth-order valence-corrected chi connectivity index (χ4v) is 3.10. The second-order valence-corrected chi connectivity index (χ2v) is 6.48. The first kappa shape index (κ1) is 19.4. The molecule has 146 valence electrons. The normalized spacial score (nSPS) is 15.2.